The predicted molar refractivity (Wildman–Crippen MR) is 75.4 cm³/mol. The van der Waals surface area contributed by atoms with Crippen LogP contribution in [0.5, 0.6) is 0 Å². The molecule has 0 aromatic carbocycles. The highest BCUT2D eigenvalue weighted by Gasteiger charge is 2.32. The molecule has 1 fully saturated rings. The predicted octanol–water partition coefficient (Wildman–Crippen LogP) is 2.09. The standard InChI is InChI=1S/C12H18N2O4S2/c1-12(2)5-3-8(4-6-12)14-20(17,18)11-9(10(15)16)13-7-19-11/h7-8,14H,3-6H2,1-2H3,(H,15,16). The number of hydrogen-bond donors (Lipinski definition) is 2. The highest BCUT2D eigenvalue weighted by atomic mass is 32.2. The summed E-state index contributed by atoms with van der Waals surface area (Å²) in [4.78, 5) is 14.6. The Morgan fingerprint density at radius 2 is 2.05 bits per heavy atom. The van der Waals surface area contributed by atoms with E-state index in [9.17, 15) is 13.2 Å². The molecule has 0 spiro atoms. The number of carboxylic acid groups (broad SMARTS) is 1. The van der Waals surface area contributed by atoms with Gasteiger partial charge in [-0.25, -0.2) is 22.9 Å². The molecule has 1 aliphatic rings. The van der Waals surface area contributed by atoms with Gasteiger partial charge in [-0.3, -0.25) is 0 Å². The van der Waals surface area contributed by atoms with Gasteiger partial charge in [0, 0.05) is 6.04 Å². The third-order valence-electron chi connectivity index (χ3n) is 3.64. The first-order chi connectivity index (χ1) is 9.21. The van der Waals surface area contributed by atoms with Crippen molar-refractivity contribution in [2.24, 2.45) is 5.41 Å². The van der Waals surface area contributed by atoms with E-state index < -0.39 is 21.7 Å². The van der Waals surface area contributed by atoms with Crippen molar-refractivity contribution in [1.82, 2.24) is 9.71 Å². The number of carboxylic acids is 1. The number of carbonyl (C=O) groups is 1. The van der Waals surface area contributed by atoms with Crippen molar-refractivity contribution in [2.75, 3.05) is 0 Å². The zero-order chi connectivity index (χ0) is 15.0. The van der Waals surface area contributed by atoms with Crippen molar-refractivity contribution in [2.45, 2.75) is 49.8 Å². The Kier molecular flexibility index (Phi) is 4.17. The number of rotatable bonds is 4. The smallest absolute Gasteiger partial charge is 0.356 e. The summed E-state index contributed by atoms with van der Waals surface area (Å²) in [6.07, 6.45) is 3.45. The molecule has 0 saturated heterocycles. The van der Waals surface area contributed by atoms with Crippen LogP contribution in [0.2, 0.25) is 0 Å². The second-order valence-electron chi connectivity index (χ2n) is 5.85. The van der Waals surface area contributed by atoms with Crippen LogP contribution >= 0.6 is 11.3 Å². The van der Waals surface area contributed by atoms with Crippen molar-refractivity contribution in [3.63, 3.8) is 0 Å². The lowest BCUT2D eigenvalue weighted by atomic mass is 9.76. The monoisotopic (exact) mass is 318 g/mol. The average Bonchev–Trinajstić information content (AvgIpc) is 2.82. The van der Waals surface area contributed by atoms with E-state index in [2.05, 4.69) is 23.6 Å². The second kappa shape index (κ2) is 5.42. The van der Waals surface area contributed by atoms with Gasteiger partial charge in [0.1, 0.15) is 0 Å². The lowest BCUT2D eigenvalue weighted by Crippen LogP contribution is -2.39. The molecule has 0 atom stereocenters. The molecule has 6 nitrogen and oxygen atoms in total. The maximum Gasteiger partial charge on any atom is 0.356 e. The lowest BCUT2D eigenvalue weighted by molar-refractivity contribution is 0.0687. The van der Waals surface area contributed by atoms with E-state index in [0.29, 0.717) is 0 Å². The fraction of sp³-hybridized carbons (Fsp3) is 0.667. The maximum atomic E-state index is 12.2. The van der Waals surface area contributed by atoms with E-state index in [1.165, 1.54) is 5.51 Å². The summed E-state index contributed by atoms with van der Waals surface area (Å²) in [5, 5.41) is 8.94. The van der Waals surface area contributed by atoms with Crippen LogP contribution in [0.3, 0.4) is 0 Å². The van der Waals surface area contributed by atoms with Crippen molar-refractivity contribution >= 4 is 27.3 Å². The Balaban J connectivity index is 2.12. The molecular formula is C12H18N2O4S2. The molecule has 8 heteroatoms. The highest BCUT2D eigenvalue weighted by Crippen LogP contribution is 2.35. The first-order valence-corrected chi connectivity index (χ1v) is 8.77. The second-order valence-corrected chi connectivity index (χ2v) is 8.62. The molecular weight excluding hydrogens is 300 g/mol. The van der Waals surface area contributed by atoms with Gasteiger partial charge in [-0.15, -0.1) is 11.3 Å². The van der Waals surface area contributed by atoms with Gasteiger partial charge in [-0.2, -0.15) is 0 Å². The van der Waals surface area contributed by atoms with E-state index in [1.807, 2.05) is 0 Å². The van der Waals surface area contributed by atoms with Gasteiger partial charge < -0.3 is 5.11 Å². The van der Waals surface area contributed by atoms with Gasteiger partial charge in [0.2, 0.25) is 0 Å². The Hall–Kier alpha value is -0.990. The molecule has 1 aromatic rings. The highest BCUT2D eigenvalue weighted by molar-refractivity contribution is 7.91. The summed E-state index contributed by atoms with van der Waals surface area (Å²) in [6.45, 7) is 4.34. The Labute approximate surface area is 122 Å². The van der Waals surface area contributed by atoms with Crippen LogP contribution in [-0.2, 0) is 10.0 Å². The Morgan fingerprint density at radius 3 is 2.60 bits per heavy atom. The van der Waals surface area contributed by atoms with Crippen LogP contribution in [0.1, 0.15) is 50.0 Å². The lowest BCUT2D eigenvalue weighted by Gasteiger charge is -2.34. The fourth-order valence-electron chi connectivity index (χ4n) is 2.36. The quantitative estimate of drug-likeness (QED) is 0.886. The van der Waals surface area contributed by atoms with Gasteiger partial charge in [0.25, 0.3) is 10.0 Å². The molecule has 0 unspecified atom stereocenters. The van der Waals surface area contributed by atoms with Gasteiger partial charge in [0.05, 0.1) is 5.51 Å². The molecule has 0 aliphatic heterocycles. The van der Waals surface area contributed by atoms with Gasteiger partial charge in [-0.05, 0) is 31.1 Å². The van der Waals surface area contributed by atoms with Crippen LogP contribution in [0.4, 0.5) is 0 Å². The number of thiazole rings is 1. The Morgan fingerprint density at radius 1 is 1.45 bits per heavy atom. The molecule has 1 heterocycles. The molecule has 2 rings (SSSR count). The van der Waals surface area contributed by atoms with Crippen molar-refractivity contribution in [3.8, 4) is 0 Å². The van der Waals surface area contributed by atoms with Gasteiger partial charge in [0.15, 0.2) is 9.90 Å². The molecule has 0 radical (unpaired) electrons. The number of hydrogen-bond acceptors (Lipinski definition) is 5. The molecule has 2 N–H and O–H groups in total. The van der Waals surface area contributed by atoms with Gasteiger partial charge >= 0.3 is 5.97 Å². The topological polar surface area (TPSA) is 96.4 Å². The minimum absolute atomic E-state index is 0.128. The van der Waals surface area contributed by atoms with Crippen LogP contribution in [-0.4, -0.2) is 30.5 Å². The SMILES string of the molecule is CC1(C)CCC(NS(=O)(=O)c2scnc2C(=O)O)CC1. The summed E-state index contributed by atoms with van der Waals surface area (Å²) < 4.78 is 26.9. The number of sulfonamides is 1. The van der Waals surface area contributed by atoms with E-state index in [0.717, 1.165) is 37.0 Å². The minimum atomic E-state index is -3.80. The zero-order valence-electron chi connectivity index (χ0n) is 11.4. The summed E-state index contributed by atoms with van der Waals surface area (Å²) in [5.74, 6) is -1.32. The van der Waals surface area contributed by atoms with E-state index in [1.54, 1.807) is 0 Å². The van der Waals surface area contributed by atoms with Crippen LogP contribution in [0, 0.1) is 5.41 Å². The van der Waals surface area contributed by atoms with E-state index in [-0.39, 0.29) is 15.7 Å². The molecule has 0 bridgehead atoms. The van der Waals surface area contributed by atoms with Crippen LogP contribution in [0.15, 0.2) is 9.72 Å². The van der Waals surface area contributed by atoms with E-state index >= 15 is 0 Å². The summed E-state index contributed by atoms with van der Waals surface area (Å²) in [6, 6.07) is -0.128. The Bertz CT molecular complexity index is 597. The summed E-state index contributed by atoms with van der Waals surface area (Å²) in [5.41, 5.74) is 1.08. The minimum Gasteiger partial charge on any atom is -0.476 e. The zero-order valence-corrected chi connectivity index (χ0v) is 13.1. The van der Waals surface area contributed by atoms with Crippen LogP contribution < -0.4 is 4.72 Å². The summed E-state index contributed by atoms with van der Waals surface area (Å²) >= 11 is 0.831. The first-order valence-electron chi connectivity index (χ1n) is 6.40. The average molecular weight is 318 g/mol. The first kappa shape index (κ1) is 15.4. The molecule has 1 aromatic heterocycles. The van der Waals surface area contributed by atoms with Crippen molar-refractivity contribution in [1.29, 1.82) is 0 Å². The van der Waals surface area contributed by atoms with Crippen molar-refractivity contribution < 1.29 is 18.3 Å². The molecule has 1 saturated carbocycles. The third-order valence-corrected chi connectivity index (χ3v) is 6.53. The number of aromatic carboxylic acids is 1. The summed E-state index contributed by atoms with van der Waals surface area (Å²) in [7, 11) is -3.80. The fourth-order valence-corrected chi connectivity index (χ4v) is 4.82. The normalized spacial score (nSPS) is 19.9. The molecule has 0 amide bonds. The molecule has 20 heavy (non-hydrogen) atoms. The van der Waals surface area contributed by atoms with E-state index in [4.69, 9.17) is 5.11 Å². The molecule has 1 aliphatic carbocycles. The molecule has 112 valence electrons. The van der Waals surface area contributed by atoms with Gasteiger partial charge in [-0.1, -0.05) is 13.8 Å². The number of nitrogens with zero attached hydrogens (tertiary/aromatic N) is 1. The largest absolute Gasteiger partial charge is 0.476 e. The number of aromatic nitrogens is 1. The third kappa shape index (κ3) is 3.36. The number of nitrogens with one attached hydrogen (secondary N) is 1. The van der Waals surface area contributed by atoms with Crippen LogP contribution in [0.25, 0.3) is 0 Å². The van der Waals surface area contributed by atoms with Crippen molar-refractivity contribution in [3.05, 3.63) is 11.2 Å². The maximum absolute atomic E-state index is 12.2.